The number of aliphatic carboxylic acids is 1. The minimum absolute atomic E-state index is 0.255. The van der Waals surface area contributed by atoms with Crippen molar-refractivity contribution < 1.29 is 19.4 Å². The number of carbonyl (C=O) groups is 2. The second-order valence-corrected chi connectivity index (χ2v) is 6.28. The summed E-state index contributed by atoms with van der Waals surface area (Å²) in [5.41, 5.74) is 0.974. The van der Waals surface area contributed by atoms with Gasteiger partial charge in [-0.3, -0.25) is 4.79 Å². The summed E-state index contributed by atoms with van der Waals surface area (Å²) in [5.74, 6) is -1.30. The quantitative estimate of drug-likeness (QED) is 0.733. The van der Waals surface area contributed by atoms with Crippen LogP contribution in [-0.2, 0) is 20.7 Å². The molecule has 0 saturated carbocycles. The highest BCUT2D eigenvalue weighted by Gasteiger charge is 2.19. The predicted molar refractivity (Wildman–Crippen MR) is 88.6 cm³/mol. The molecule has 1 heterocycles. The van der Waals surface area contributed by atoms with Crippen LogP contribution in [0.15, 0.2) is 24.3 Å². The average molecular weight is 336 g/mol. The van der Waals surface area contributed by atoms with Crippen molar-refractivity contribution in [2.24, 2.45) is 0 Å². The highest BCUT2D eigenvalue weighted by molar-refractivity contribution is 7.18. The van der Waals surface area contributed by atoms with Gasteiger partial charge in [0.1, 0.15) is 6.04 Å². The molecular formula is C16H20N2O4S. The van der Waals surface area contributed by atoms with Crippen LogP contribution in [-0.4, -0.2) is 41.7 Å². The van der Waals surface area contributed by atoms with Crippen LogP contribution in [0.1, 0.15) is 24.3 Å². The number of carbonyl (C=O) groups excluding carboxylic acids is 1. The summed E-state index contributed by atoms with van der Waals surface area (Å²) < 4.78 is 5.99. The van der Waals surface area contributed by atoms with Gasteiger partial charge in [-0.2, -0.15) is 0 Å². The van der Waals surface area contributed by atoms with Crippen LogP contribution >= 0.6 is 11.3 Å². The van der Waals surface area contributed by atoms with Gasteiger partial charge in [-0.05, 0) is 25.0 Å². The summed E-state index contributed by atoms with van der Waals surface area (Å²) in [6.45, 7) is 0.295. The van der Waals surface area contributed by atoms with E-state index in [1.807, 2.05) is 24.3 Å². The lowest BCUT2D eigenvalue weighted by atomic mass is 10.2. The number of carboxylic acid groups (broad SMARTS) is 1. The molecule has 0 spiro atoms. The Morgan fingerprint density at radius 3 is 2.87 bits per heavy atom. The number of hydrogen-bond acceptors (Lipinski definition) is 5. The van der Waals surface area contributed by atoms with E-state index >= 15 is 0 Å². The monoisotopic (exact) mass is 336 g/mol. The number of fused-ring (bicyclic) bond motifs is 1. The topological polar surface area (TPSA) is 88.5 Å². The second kappa shape index (κ2) is 8.59. The Bertz CT molecular complexity index is 638. The fraction of sp³-hybridized carbons (Fsp3) is 0.438. The molecule has 0 bridgehead atoms. The Labute approximate surface area is 138 Å². The van der Waals surface area contributed by atoms with E-state index in [4.69, 9.17) is 9.84 Å². The summed E-state index contributed by atoms with van der Waals surface area (Å²) >= 11 is 1.63. The summed E-state index contributed by atoms with van der Waals surface area (Å²) in [4.78, 5) is 27.4. The molecule has 6 nitrogen and oxygen atoms in total. The molecule has 0 fully saturated rings. The average Bonchev–Trinajstić information content (AvgIpc) is 2.93. The molecule has 1 amide bonds. The summed E-state index contributed by atoms with van der Waals surface area (Å²) in [7, 11) is 1.50. The molecule has 2 N–H and O–H groups in total. The van der Waals surface area contributed by atoms with Gasteiger partial charge in [0.2, 0.25) is 5.91 Å². The third kappa shape index (κ3) is 5.30. The fourth-order valence-electron chi connectivity index (χ4n) is 2.19. The van der Waals surface area contributed by atoms with Gasteiger partial charge in [0, 0.05) is 26.6 Å². The molecule has 1 unspecified atom stereocenters. The number of nitrogens with one attached hydrogen (secondary N) is 1. The van der Waals surface area contributed by atoms with Crippen LogP contribution in [0.2, 0.25) is 0 Å². The number of aromatic nitrogens is 1. The van der Waals surface area contributed by atoms with Gasteiger partial charge in [-0.25, -0.2) is 9.78 Å². The largest absolute Gasteiger partial charge is 0.480 e. The smallest absolute Gasteiger partial charge is 0.326 e. The van der Waals surface area contributed by atoms with Gasteiger partial charge in [-0.15, -0.1) is 11.3 Å². The highest BCUT2D eigenvalue weighted by atomic mass is 32.1. The molecule has 0 aliphatic rings. The number of hydrogen-bond donors (Lipinski definition) is 2. The second-order valence-electron chi connectivity index (χ2n) is 5.17. The molecule has 7 heteroatoms. The molecule has 1 aromatic carbocycles. The molecule has 0 aliphatic carbocycles. The van der Waals surface area contributed by atoms with E-state index in [0.29, 0.717) is 19.4 Å². The Morgan fingerprint density at radius 1 is 1.39 bits per heavy atom. The standard InChI is InChI=1S/C16H20N2O4S/c1-22-10-9-12(16(20)21)17-14(19)7-4-8-15-18-11-5-2-3-6-13(11)23-15/h2-3,5-6,12H,4,7-10H2,1H3,(H,17,19)(H,20,21). The minimum Gasteiger partial charge on any atom is -0.480 e. The lowest BCUT2D eigenvalue weighted by molar-refractivity contribution is -0.142. The number of rotatable bonds is 9. The normalized spacial score (nSPS) is 12.2. The molecule has 23 heavy (non-hydrogen) atoms. The molecule has 124 valence electrons. The Hall–Kier alpha value is -1.99. The maximum Gasteiger partial charge on any atom is 0.326 e. The first kappa shape index (κ1) is 17.4. The first-order valence-corrected chi connectivity index (χ1v) is 8.27. The summed E-state index contributed by atoms with van der Waals surface area (Å²) in [6, 6.07) is 7.02. The van der Waals surface area contributed by atoms with E-state index in [9.17, 15) is 9.59 Å². The van der Waals surface area contributed by atoms with E-state index in [1.165, 1.54) is 7.11 Å². The maximum absolute atomic E-state index is 11.9. The van der Waals surface area contributed by atoms with Crippen LogP contribution in [0.3, 0.4) is 0 Å². The van der Waals surface area contributed by atoms with E-state index in [2.05, 4.69) is 10.3 Å². The fourth-order valence-corrected chi connectivity index (χ4v) is 3.20. The van der Waals surface area contributed by atoms with Gasteiger partial charge in [-0.1, -0.05) is 12.1 Å². The minimum atomic E-state index is -1.04. The molecule has 2 aromatic rings. The van der Waals surface area contributed by atoms with Gasteiger partial charge in [0.25, 0.3) is 0 Å². The van der Waals surface area contributed by atoms with E-state index < -0.39 is 12.0 Å². The molecule has 0 radical (unpaired) electrons. The van der Waals surface area contributed by atoms with E-state index in [-0.39, 0.29) is 18.7 Å². The van der Waals surface area contributed by atoms with Crippen molar-refractivity contribution in [1.29, 1.82) is 0 Å². The van der Waals surface area contributed by atoms with Crippen molar-refractivity contribution in [2.45, 2.75) is 31.7 Å². The molecule has 1 aromatic heterocycles. The van der Waals surface area contributed by atoms with Crippen molar-refractivity contribution in [3.8, 4) is 0 Å². The van der Waals surface area contributed by atoms with Crippen LogP contribution in [0, 0.1) is 0 Å². The van der Waals surface area contributed by atoms with Gasteiger partial charge in [0.15, 0.2) is 0 Å². The van der Waals surface area contributed by atoms with Crippen molar-refractivity contribution >= 4 is 33.4 Å². The van der Waals surface area contributed by atoms with Crippen molar-refractivity contribution in [3.63, 3.8) is 0 Å². The molecule has 1 atom stereocenters. The molecule has 0 aliphatic heterocycles. The Kier molecular flexibility index (Phi) is 6.49. The number of methoxy groups -OCH3 is 1. The third-order valence-corrected chi connectivity index (χ3v) is 4.47. The zero-order valence-corrected chi connectivity index (χ0v) is 13.8. The number of nitrogens with zero attached hydrogens (tertiary/aromatic N) is 1. The van der Waals surface area contributed by atoms with E-state index in [0.717, 1.165) is 15.2 Å². The van der Waals surface area contributed by atoms with Gasteiger partial charge < -0.3 is 15.2 Å². The number of ether oxygens (including phenoxy) is 1. The number of carboxylic acids is 1. The lowest BCUT2D eigenvalue weighted by Gasteiger charge is -2.13. The maximum atomic E-state index is 11.9. The number of amides is 1. The molecule has 2 rings (SSSR count). The predicted octanol–water partition coefficient (Wildman–Crippen LogP) is 2.22. The van der Waals surface area contributed by atoms with Gasteiger partial charge >= 0.3 is 5.97 Å². The van der Waals surface area contributed by atoms with Crippen molar-refractivity contribution in [3.05, 3.63) is 29.3 Å². The first-order valence-electron chi connectivity index (χ1n) is 7.45. The van der Waals surface area contributed by atoms with Crippen LogP contribution in [0.25, 0.3) is 10.2 Å². The highest BCUT2D eigenvalue weighted by Crippen LogP contribution is 2.22. The number of para-hydroxylation sites is 1. The number of thiazole rings is 1. The molecule has 0 saturated heterocycles. The van der Waals surface area contributed by atoms with Crippen molar-refractivity contribution in [1.82, 2.24) is 10.3 Å². The van der Waals surface area contributed by atoms with Crippen LogP contribution < -0.4 is 5.32 Å². The van der Waals surface area contributed by atoms with Crippen LogP contribution in [0.4, 0.5) is 0 Å². The summed E-state index contributed by atoms with van der Waals surface area (Å²) in [6.07, 6.45) is 1.90. The first-order chi connectivity index (χ1) is 11.1. The number of benzene rings is 1. The lowest BCUT2D eigenvalue weighted by Crippen LogP contribution is -2.41. The molecular weight excluding hydrogens is 316 g/mol. The number of aryl methyl sites for hydroxylation is 1. The van der Waals surface area contributed by atoms with Crippen molar-refractivity contribution in [2.75, 3.05) is 13.7 Å². The Balaban J connectivity index is 1.78. The van der Waals surface area contributed by atoms with Gasteiger partial charge in [0.05, 0.1) is 15.2 Å². The zero-order valence-electron chi connectivity index (χ0n) is 12.9. The summed E-state index contributed by atoms with van der Waals surface area (Å²) in [5, 5.41) is 12.6. The third-order valence-electron chi connectivity index (χ3n) is 3.38. The van der Waals surface area contributed by atoms with Crippen LogP contribution in [0.5, 0.6) is 0 Å². The van der Waals surface area contributed by atoms with E-state index in [1.54, 1.807) is 11.3 Å². The SMILES string of the molecule is COCCC(NC(=O)CCCc1nc2ccccc2s1)C(=O)O. The Morgan fingerprint density at radius 2 is 2.17 bits per heavy atom. The zero-order chi connectivity index (χ0) is 16.7.